The summed E-state index contributed by atoms with van der Waals surface area (Å²) in [5.74, 6) is 1.44. The predicted octanol–water partition coefficient (Wildman–Crippen LogP) is 8.27. The van der Waals surface area contributed by atoms with E-state index >= 15 is 0 Å². The van der Waals surface area contributed by atoms with Crippen LogP contribution >= 0.6 is 58.2 Å². The summed E-state index contributed by atoms with van der Waals surface area (Å²) >= 11 is 24.8. The van der Waals surface area contributed by atoms with Crippen LogP contribution in [-0.4, -0.2) is 19.0 Å². The van der Waals surface area contributed by atoms with E-state index in [-0.39, 0.29) is 11.1 Å². The van der Waals surface area contributed by atoms with Gasteiger partial charge < -0.3 is 9.47 Å². The highest BCUT2D eigenvalue weighted by Crippen LogP contribution is 2.37. The molecule has 0 aliphatic heterocycles. The lowest BCUT2D eigenvalue weighted by molar-refractivity contribution is -0.137. The van der Waals surface area contributed by atoms with Crippen molar-refractivity contribution in [2.45, 2.75) is 17.5 Å². The van der Waals surface area contributed by atoms with Crippen molar-refractivity contribution in [2.24, 2.45) is 0 Å². The highest BCUT2D eigenvalue weighted by molar-refractivity contribution is 7.99. The molecule has 0 radical (unpaired) electrons. The van der Waals surface area contributed by atoms with E-state index in [1.54, 1.807) is 12.1 Å². The lowest BCUT2D eigenvalue weighted by atomic mass is 10.2. The van der Waals surface area contributed by atoms with E-state index < -0.39 is 11.7 Å². The smallest absolute Gasteiger partial charge is 0.416 e. The zero-order valence-electron chi connectivity index (χ0n) is 14.7. The molecule has 0 aliphatic carbocycles. The number of ether oxygens (including phenoxy) is 2. The molecule has 0 heterocycles. The molecular weight excluding hydrogens is 491 g/mol. The van der Waals surface area contributed by atoms with E-state index in [1.807, 2.05) is 0 Å². The van der Waals surface area contributed by atoms with Gasteiger partial charge in [0.25, 0.3) is 0 Å². The first-order chi connectivity index (χ1) is 13.7. The zero-order valence-corrected chi connectivity index (χ0v) is 18.6. The Morgan fingerprint density at radius 1 is 1.00 bits per heavy atom. The van der Waals surface area contributed by atoms with Crippen molar-refractivity contribution >= 4 is 58.2 Å². The number of alkyl halides is 3. The summed E-state index contributed by atoms with van der Waals surface area (Å²) in [5, 5.41) is 0.590. The Balaban J connectivity index is 1.79. The highest BCUT2D eigenvalue weighted by Gasteiger charge is 2.29. The first kappa shape index (κ1) is 24.4. The molecule has 0 aliphatic rings. The fraction of sp³-hybridized carbons (Fsp3) is 0.263. The van der Waals surface area contributed by atoms with E-state index in [4.69, 9.17) is 55.9 Å². The van der Waals surface area contributed by atoms with Crippen LogP contribution in [0.1, 0.15) is 12.0 Å². The molecule has 0 spiro atoms. The van der Waals surface area contributed by atoms with Gasteiger partial charge in [0.1, 0.15) is 16.8 Å². The standard InChI is InChI=1S/C19H15Cl4F3O2S/c20-15-10-13(27-8-6-17(22)23)11-16(21)18(15)28-7-1-9-29-14-4-2-12(3-5-14)19(24,25)26/h2-6,10-11H,1,7-9H2. The van der Waals surface area contributed by atoms with Crippen molar-refractivity contribution < 1.29 is 22.6 Å². The minimum Gasteiger partial charge on any atom is -0.490 e. The first-order valence-corrected chi connectivity index (χ1v) is 10.7. The minimum absolute atomic E-state index is 0.0938. The molecule has 0 saturated carbocycles. The van der Waals surface area contributed by atoms with E-state index in [0.717, 1.165) is 17.0 Å². The Labute approximate surface area is 190 Å². The summed E-state index contributed by atoms with van der Waals surface area (Å²) in [6, 6.07) is 8.17. The number of rotatable bonds is 9. The number of hydrogen-bond acceptors (Lipinski definition) is 3. The van der Waals surface area contributed by atoms with E-state index in [9.17, 15) is 13.2 Å². The van der Waals surface area contributed by atoms with Crippen molar-refractivity contribution in [3.05, 3.63) is 62.6 Å². The van der Waals surface area contributed by atoms with E-state index in [2.05, 4.69) is 0 Å². The Kier molecular flexibility index (Phi) is 9.63. The quantitative estimate of drug-likeness (QED) is 0.252. The molecule has 2 aromatic rings. The highest BCUT2D eigenvalue weighted by atomic mass is 35.5. The largest absolute Gasteiger partial charge is 0.490 e. The van der Waals surface area contributed by atoms with Crippen LogP contribution in [-0.2, 0) is 6.18 Å². The van der Waals surface area contributed by atoms with Crippen LogP contribution in [0.4, 0.5) is 13.2 Å². The molecular formula is C19H15Cl4F3O2S. The topological polar surface area (TPSA) is 18.5 Å². The summed E-state index contributed by atoms with van der Waals surface area (Å²) in [5.41, 5.74) is -0.663. The molecule has 2 nitrogen and oxygen atoms in total. The third-order valence-corrected chi connectivity index (χ3v) is 5.41. The maximum absolute atomic E-state index is 12.6. The van der Waals surface area contributed by atoms with Gasteiger partial charge in [0.05, 0.1) is 22.2 Å². The molecule has 0 atom stereocenters. The van der Waals surface area contributed by atoms with Gasteiger partial charge in [0, 0.05) is 22.8 Å². The van der Waals surface area contributed by atoms with Crippen LogP contribution in [0.2, 0.25) is 10.0 Å². The van der Waals surface area contributed by atoms with Crippen molar-refractivity contribution in [1.82, 2.24) is 0 Å². The SMILES string of the molecule is FC(F)(F)c1ccc(SCCCOc2c(Cl)cc(OCC=C(Cl)Cl)cc2Cl)cc1. The number of hydrogen-bond donors (Lipinski definition) is 0. The van der Waals surface area contributed by atoms with Crippen LogP contribution in [0.25, 0.3) is 0 Å². The molecule has 0 N–H and O–H groups in total. The van der Waals surface area contributed by atoms with Gasteiger partial charge in [-0.25, -0.2) is 0 Å². The summed E-state index contributed by atoms with van der Waals surface area (Å²) < 4.78 is 48.8. The fourth-order valence-corrected chi connectivity index (χ4v) is 3.65. The summed E-state index contributed by atoms with van der Waals surface area (Å²) in [6.07, 6.45) is -2.21. The van der Waals surface area contributed by atoms with Gasteiger partial charge in [-0.15, -0.1) is 11.8 Å². The van der Waals surface area contributed by atoms with Crippen LogP contribution in [0, 0.1) is 0 Å². The molecule has 10 heteroatoms. The molecule has 0 bridgehead atoms. The van der Waals surface area contributed by atoms with Gasteiger partial charge in [-0.2, -0.15) is 13.2 Å². The monoisotopic (exact) mass is 504 g/mol. The summed E-state index contributed by atoms with van der Waals surface area (Å²) in [4.78, 5) is 0.752. The lowest BCUT2D eigenvalue weighted by Crippen LogP contribution is -2.04. The second-order valence-corrected chi connectivity index (χ2v) is 8.58. The lowest BCUT2D eigenvalue weighted by Gasteiger charge is -2.12. The maximum atomic E-state index is 12.6. The normalized spacial score (nSPS) is 11.3. The van der Waals surface area contributed by atoms with Gasteiger partial charge in [0.2, 0.25) is 0 Å². The van der Waals surface area contributed by atoms with Crippen molar-refractivity contribution in [3.8, 4) is 11.5 Å². The molecule has 0 saturated heterocycles. The van der Waals surface area contributed by atoms with Gasteiger partial charge in [-0.05, 0) is 36.8 Å². The van der Waals surface area contributed by atoms with Gasteiger partial charge >= 0.3 is 6.18 Å². The zero-order chi connectivity index (χ0) is 21.4. The van der Waals surface area contributed by atoms with Gasteiger partial charge in [-0.3, -0.25) is 0 Å². The van der Waals surface area contributed by atoms with Crippen LogP contribution in [0.15, 0.2) is 51.9 Å². The molecule has 0 fully saturated rings. The average Bonchev–Trinajstić information content (AvgIpc) is 2.62. The van der Waals surface area contributed by atoms with Crippen molar-refractivity contribution in [2.75, 3.05) is 19.0 Å². The predicted molar refractivity (Wildman–Crippen MR) is 114 cm³/mol. The molecule has 2 aromatic carbocycles. The first-order valence-electron chi connectivity index (χ1n) is 8.22. The second-order valence-electron chi connectivity index (χ2n) is 5.59. The van der Waals surface area contributed by atoms with Crippen LogP contribution < -0.4 is 9.47 Å². The minimum atomic E-state index is -4.33. The van der Waals surface area contributed by atoms with Gasteiger partial charge in [-0.1, -0.05) is 46.4 Å². The molecule has 29 heavy (non-hydrogen) atoms. The van der Waals surface area contributed by atoms with Crippen molar-refractivity contribution in [1.29, 1.82) is 0 Å². The molecule has 0 aromatic heterocycles. The Morgan fingerprint density at radius 2 is 1.62 bits per heavy atom. The molecule has 2 rings (SSSR count). The van der Waals surface area contributed by atoms with Crippen LogP contribution in [0.5, 0.6) is 11.5 Å². The number of thioether (sulfide) groups is 1. The number of benzene rings is 2. The van der Waals surface area contributed by atoms with Crippen molar-refractivity contribution in [3.63, 3.8) is 0 Å². The molecule has 0 amide bonds. The Bertz CT molecular complexity index is 815. The van der Waals surface area contributed by atoms with Gasteiger partial charge in [0.15, 0.2) is 5.75 Å². The summed E-state index contributed by atoms with van der Waals surface area (Å²) in [6.45, 7) is 0.508. The second kappa shape index (κ2) is 11.5. The average molecular weight is 506 g/mol. The third kappa shape index (κ3) is 8.38. The van der Waals surface area contributed by atoms with E-state index in [1.165, 1.54) is 30.0 Å². The molecule has 0 unspecified atom stereocenters. The third-order valence-electron chi connectivity index (χ3n) is 3.44. The van der Waals surface area contributed by atoms with Crippen LogP contribution in [0.3, 0.4) is 0 Å². The maximum Gasteiger partial charge on any atom is 0.416 e. The van der Waals surface area contributed by atoms with E-state index in [0.29, 0.717) is 40.3 Å². The Morgan fingerprint density at radius 3 is 2.17 bits per heavy atom. The molecule has 158 valence electrons. The summed E-state index contributed by atoms with van der Waals surface area (Å²) in [7, 11) is 0. The number of halogens is 7. The fourth-order valence-electron chi connectivity index (χ4n) is 2.12. The Hall–Kier alpha value is -0.920.